The molecule has 0 saturated carbocycles. The van der Waals surface area contributed by atoms with Gasteiger partial charge in [-0.15, -0.1) is 5.10 Å². The van der Waals surface area contributed by atoms with E-state index >= 15 is 0 Å². The molecule has 4 N–H and O–H groups in total. The summed E-state index contributed by atoms with van der Waals surface area (Å²) in [5.74, 6) is 1.65. The van der Waals surface area contributed by atoms with E-state index in [2.05, 4.69) is 39.8 Å². The molecule has 0 bridgehead atoms. The molecule has 1 fully saturated rings. The van der Waals surface area contributed by atoms with Crippen molar-refractivity contribution in [2.24, 2.45) is 0 Å². The van der Waals surface area contributed by atoms with Gasteiger partial charge in [0, 0.05) is 34.6 Å². The van der Waals surface area contributed by atoms with Crippen molar-refractivity contribution in [3.63, 3.8) is 0 Å². The molecule has 1 amide bonds. The number of fused-ring (bicyclic) bond motifs is 1. The minimum atomic E-state index is -0.0770. The van der Waals surface area contributed by atoms with E-state index in [1.807, 2.05) is 53.6 Å². The number of aliphatic hydroxyl groups excluding tert-OH is 1. The number of likely N-dealkylation sites (tertiary alicyclic amines) is 1. The highest BCUT2D eigenvalue weighted by molar-refractivity contribution is 7.99. The van der Waals surface area contributed by atoms with Gasteiger partial charge in [0.1, 0.15) is 5.52 Å². The lowest BCUT2D eigenvalue weighted by atomic mass is 10.1. The second kappa shape index (κ2) is 10.7. The van der Waals surface area contributed by atoms with E-state index in [1.54, 1.807) is 4.52 Å². The third-order valence-corrected chi connectivity index (χ3v) is 7.10. The molecule has 188 valence electrons. The first-order valence-electron chi connectivity index (χ1n) is 12.1. The van der Waals surface area contributed by atoms with Crippen LogP contribution >= 0.6 is 11.8 Å². The molecule has 0 radical (unpaired) electrons. The molecular formula is C25H30N8O2S. The number of benzene rings is 1. The molecule has 0 spiro atoms. The highest BCUT2D eigenvalue weighted by Gasteiger charge is 2.25. The molecule has 11 heteroatoms. The Morgan fingerprint density at radius 2 is 2.11 bits per heavy atom. The van der Waals surface area contributed by atoms with Crippen LogP contribution in [0.5, 0.6) is 0 Å². The summed E-state index contributed by atoms with van der Waals surface area (Å²) in [5.41, 5.74) is 2.63. The van der Waals surface area contributed by atoms with Crippen LogP contribution in [0, 0.1) is 0 Å². The number of anilines is 3. The number of hydrogen-bond donors (Lipinski definition) is 4. The number of rotatable bonds is 9. The van der Waals surface area contributed by atoms with E-state index in [9.17, 15) is 9.90 Å². The fraction of sp³-hybridized carbons (Fsp3) is 0.360. The largest absolute Gasteiger partial charge is 0.395 e. The first kappa shape index (κ1) is 24.3. The second-order valence-corrected chi connectivity index (χ2v) is 10.2. The summed E-state index contributed by atoms with van der Waals surface area (Å²) in [7, 11) is 0. The molecule has 4 aromatic rings. The minimum absolute atomic E-state index is 0.0770. The van der Waals surface area contributed by atoms with Crippen molar-refractivity contribution in [1.29, 1.82) is 0 Å². The Morgan fingerprint density at radius 1 is 1.28 bits per heavy atom. The molecule has 1 aromatic carbocycles. The maximum Gasteiger partial charge on any atom is 0.238 e. The Morgan fingerprint density at radius 3 is 2.86 bits per heavy atom. The number of aliphatic hydroxyl groups is 1. The topological polar surface area (TPSA) is 123 Å². The van der Waals surface area contributed by atoms with Gasteiger partial charge in [0.25, 0.3) is 0 Å². The summed E-state index contributed by atoms with van der Waals surface area (Å²) in [6.45, 7) is 5.44. The SMILES string of the molecule is CC(C)c1cc(Nc2nc(Sc3ccc(NC(=O)CN4CCC[C@@H]4CO)cc3)nn3cccc23)n[nH]1. The van der Waals surface area contributed by atoms with Crippen LogP contribution < -0.4 is 10.6 Å². The van der Waals surface area contributed by atoms with Gasteiger partial charge in [0.2, 0.25) is 11.1 Å². The summed E-state index contributed by atoms with van der Waals surface area (Å²) in [6, 6.07) is 13.6. The third kappa shape index (κ3) is 5.53. The van der Waals surface area contributed by atoms with Gasteiger partial charge >= 0.3 is 0 Å². The van der Waals surface area contributed by atoms with Crippen molar-refractivity contribution >= 4 is 40.5 Å². The van der Waals surface area contributed by atoms with Gasteiger partial charge in [0.05, 0.1) is 13.2 Å². The van der Waals surface area contributed by atoms with Crippen LogP contribution in [-0.2, 0) is 4.79 Å². The van der Waals surface area contributed by atoms with Crippen LogP contribution in [0.15, 0.2) is 58.7 Å². The summed E-state index contributed by atoms with van der Waals surface area (Å²) in [4.78, 5) is 20.2. The molecule has 1 aliphatic rings. The van der Waals surface area contributed by atoms with Crippen LogP contribution in [0.1, 0.15) is 38.3 Å². The van der Waals surface area contributed by atoms with Gasteiger partial charge < -0.3 is 15.7 Å². The normalized spacial score (nSPS) is 16.2. The van der Waals surface area contributed by atoms with Crippen molar-refractivity contribution in [2.45, 2.75) is 48.7 Å². The molecule has 5 rings (SSSR count). The molecular weight excluding hydrogens is 476 g/mol. The molecule has 1 saturated heterocycles. The predicted molar refractivity (Wildman–Crippen MR) is 140 cm³/mol. The summed E-state index contributed by atoms with van der Waals surface area (Å²) < 4.78 is 1.79. The molecule has 10 nitrogen and oxygen atoms in total. The van der Waals surface area contributed by atoms with Crippen LogP contribution in [-0.4, -0.2) is 66.4 Å². The average Bonchev–Trinajstić information content (AvgIpc) is 3.61. The number of hydrogen-bond acceptors (Lipinski definition) is 8. The maximum absolute atomic E-state index is 12.5. The number of H-pyrrole nitrogens is 1. The van der Waals surface area contributed by atoms with E-state index < -0.39 is 0 Å². The Labute approximate surface area is 213 Å². The summed E-state index contributed by atoms with van der Waals surface area (Å²) in [5, 5.41) is 28.3. The van der Waals surface area contributed by atoms with Gasteiger partial charge in [-0.05, 0) is 73.5 Å². The lowest BCUT2D eigenvalue weighted by Crippen LogP contribution is -2.38. The van der Waals surface area contributed by atoms with Crippen molar-refractivity contribution in [3.8, 4) is 0 Å². The van der Waals surface area contributed by atoms with Crippen molar-refractivity contribution in [1.82, 2.24) is 29.7 Å². The highest BCUT2D eigenvalue weighted by atomic mass is 32.2. The van der Waals surface area contributed by atoms with Gasteiger partial charge in [-0.3, -0.25) is 14.8 Å². The Bertz CT molecular complexity index is 1330. The van der Waals surface area contributed by atoms with E-state index in [-0.39, 0.29) is 25.1 Å². The Hall–Kier alpha value is -3.41. The smallest absolute Gasteiger partial charge is 0.238 e. The number of amides is 1. The fourth-order valence-corrected chi connectivity index (χ4v) is 5.02. The van der Waals surface area contributed by atoms with Gasteiger partial charge in [-0.2, -0.15) is 5.10 Å². The van der Waals surface area contributed by atoms with E-state index in [0.717, 1.165) is 41.2 Å². The zero-order chi connectivity index (χ0) is 25.1. The van der Waals surface area contributed by atoms with Gasteiger partial charge in [-0.25, -0.2) is 9.50 Å². The first-order valence-corrected chi connectivity index (χ1v) is 12.9. The number of carbonyl (C=O) groups is 1. The van der Waals surface area contributed by atoms with Gasteiger partial charge in [0.15, 0.2) is 11.6 Å². The molecule has 1 aliphatic heterocycles. The molecule has 36 heavy (non-hydrogen) atoms. The van der Waals surface area contributed by atoms with Crippen LogP contribution in [0.2, 0.25) is 0 Å². The van der Waals surface area contributed by atoms with Crippen LogP contribution in [0.3, 0.4) is 0 Å². The number of nitrogens with zero attached hydrogens (tertiary/aromatic N) is 5. The van der Waals surface area contributed by atoms with E-state index in [4.69, 9.17) is 4.98 Å². The lowest BCUT2D eigenvalue weighted by Gasteiger charge is -2.21. The molecule has 0 aliphatic carbocycles. The van der Waals surface area contributed by atoms with Crippen LogP contribution in [0.25, 0.3) is 5.52 Å². The lowest BCUT2D eigenvalue weighted by molar-refractivity contribution is -0.117. The third-order valence-electron chi connectivity index (χ3n) is 6.24. The number of nitrogens with one attached hydrogen (secondary N) is 3. The highest BCUT2D eigenvalue weighted by Crippen LogP contribution is 2.29. The summed E-state index contributed by atoms with van der Waals surface area (Å²) in [6.07, 6.45) is 3.83. The second-order valence-electron chi connectivity index (χ2n) is 9.19. The Kier molecular flexibility index (Phi) is 7.21. The van der Waals surface area contributed by atoms with Gasteiger partial charge in [-0.1, -0.05) is 13.8 Å². The number of aromatic nitrogens is 5. The van der Waals surface area contributed by atoms with Crippen molar-refractivity contribution in [3.05, 3.63) is 54.4 Å². The fourth-order valence-electron chi connectivity index (χ4n) is 4.27. The van der Waals surface area contributed by atoms with Crippen molar-refractivity contribution < 1.29 is 9.90 Å². The molecule has 3 aromatic heterocycles. The van der Waals surface area contributed by atoms with Crippen LogP contribution in [0.4, 0.5) is 17.3 Å². The average molecular weight is 507 g/mol. The zero-order valence-electron chi connectivity index (χ0n) is 20.3. The minimum Gasteiger partial charge on any atom is -0.395 e. The van der Waals surface area contributed by atoms with E-state index in [1.165, 1.54) is 11.8 Å². The quantitative estimate of drug-likeness (QED) is 0.270. The van der Waals surface area contributed by atoms with Crippen molar-refractivity contribution in [2.75, 3.05) is 30.3 Å². The molecule has 1 atom stereocenters. The maximum atomic E-state index is 12.5. The number of aromatic amines is 1. The monoisotopic (exact) mass is 506 g/mol. The predicted octanol–water partition coefficient (Wildman–Crippen LogP) is 3.87. The zero-order valence-corrected chi connectivity index (χ0v) is 21.1. The van der Waals surface area contributed by atoms with E-state index in [0.29, 0.717) is 22.7 Å². The molecule has 4 heterocycles. The Balaban J connectivity index is 1.26. The number of carbonyl (C=O) groups excluding carboxylic acids is 1. The standard InChI is InChI=1S/C25H30N8O2S/c1-16(2)20-13-22(30-29-20)27-24-21-6-4-12-33(21)31-25(28-24)36-19-9-7-17(8-10-19)26-23(35)14-32-11-3-5-18(32)15-34/h4,6-10,12-13,16,18,34H,3,5,11,14-15H2,1-2H3,(H,26,35)(H2,27,28,29,30,31)/t18-/m1/s1. The summed E-state index contributed by atoms with van der Waals surface area (Å²) >= 11 is 1.44. The first-order chi connectivity index (χ1) is 17.5. The molecule has 0 unspecified atom stereocenters.